The molecule has 0 aliphatic rings. The van der Waals surface area contributed by atoms with Gasteiger partial charge in [-0.25, -0.2) is 0 Å². The quantitative estimate of drug-likeness (QED) is 0.357. The maximum absolute atomic E-state index is 5.75. The van der Waals surface area contributed by atoms with Crippen LogP contribution in [0.2, 0.25) is 0 Å². The highest BCUT2D eigenvalue weighted by atomic mass is 16.5. The number of hydrogen-bond acceptors (Lipinski definition) is 2. The molecule has 2 heteroatoms. The molecule has 0 saturated heterocycles. The van der Waals surface area contributed by atoms with Crippen LogP contribution in [0.25, 0.3) is 43.6 Å². The summed E-state index contributed by atoms with van der Waals surface area (Å²) >= 11 is 0. The van der Waals surface area contributed by atoms with Crippen molar-refractivity contribution >= 4 is 32.4 Å². The molecule has 5 rings (SSSR count). The van der Waals surface area contributed by atoms with Gasteiger partial charge in [0.2, 0.25) is 0 Å². The molecule has 124 valence electrons. The Labute approximate surface area is 151 Å². The van der Waals surface area contributed by atoms with E-state index in [0.29, 0.717) is 0 Å². The maximum Gasteiger partial charge on any atom is 0.127 e. The molecule has 0 bridgehead atoms. The van der Waals surface area contributed by atoms with Gasteiger partial charge in [0, 0.05) is 22.5 Å². The first kappa shape index (κ1) is 14.9. The Bertz CT molecular complexity index is 1270. The van der Waals surface area contributed by atoms with E-state index in [1.54, 1.807) is 7.11 Å². The predicted octanol–water partition coefficient (Wildman–Crippen LogP) is 6.22. The highest BCUT2D eigenvalue weighted by Gasteiger charge is 2.15. The number of methoxy groups -OCH3 is 1. The molecule has 1 aromatic heterocycles. The molecule has 4 aromatic carbocycles. The van der Waals surface area contributed by atoms with E-state index in [1.807, 2.05) is 12.3 Å². The standard InChI is InChI=1S/C24H17NO/c1-26-21-14-13-16-6-2-3-9-19(16)23(21)20-10-4-7-17-11-12-18-8-5-15-25-24(18)22(17)20/h2-15H,1H3. The third kappa shape index (κ3) is 2.16. The fraction of sp³-hybridized carbons (Fsp3) is 0.0417. The van der Waals surface area contributed by atoms with Crippen LogP contribution in [-0.4, -0.2) is 12.1 Å². The van der Waals surface area contributed by atoms with Crippen LogP contribution in [0.4, 0.5) is 0 Å². The minimum Gasteiger partial charge on any atom is -0.496 e. The zero-order chi connectivity index (χ0) is 17.5. The average Bonchev–Trinajstić information content (AvgIpc) is 2.72. The van der Waals surface area contributed by atoms with Crippen molar-refractivity contribution in [3.63, 3.8) is 0 Å². The van der Waals surface area contributed by atoms with Gasteiger partial charge in [0.25, 0.3) is 0 Å². The molecule has 0 saturated carbocycles. The van der Waals surface area contributed by atoms with Crippen LogP contribution in [0.15, 0.2) is 85.1 Å². The van der Waals surface area contributed by atoms with Gasteiger partial charge < -0.3 is 4.74 Å². The summed E-state index contributed by atoms with van der Waals surface area (Å²) in [6, 6.07) is 27.4. The normalized spacial score (nSPS) is 11.3. The highest BCUT2D eigenvalue weighted by Crippen LogP contribution is 2.41. The van der Waals surface area contributed by atoms with Crippen molar-refractivity contribution in [3.8, 4) is 16.9 Å². The SMILES string of the molecule is COc1ccc2ccccc2c1-c1cccc2ccc3cccnc3c12. The van der Waals surface area contributed by atoms with E-state index in [4.69, 9.17) is 9.72 Å². The number of nitrogens with zero attached hydrogens (tertiary/aromatic N) is 1. The lowest BCUT2D eigenvalue weighted by molar-refractivity contribution is 0.417. The third-order valence-corrected chi connectivity index (χ3v) is 4.99. The lowest BCUT2D eigenvalue weighted by Crippen LogP contribution is -1.92. The summed E-state index contributed by atoms with van der Waals surface area (Å²) in [6.45, 7) is 0. The number of ether oxygens (including phenoxy) is 1. The Kier molecular flexibility index (Phi) is 3.36. The maximum atomic E-state index is 5.75. The first-order valence-corrected chi connectivity index (χ1v) is 8.69. The van der Waals surface area contributed by atoms with E-state index < -0.39 is 0 Å². The lowest BCUT2D eigenvalue weighted by atomic mass is 9.92. The largest absolute Gasteiger partial charge is 0.496 e. The van der Waals surface area contributed by atoms with Crippen molar-refractivity contribution in [2.24, 2.45) is 0 Å². The van der Waals surface area contributed by atoms with Crippen LogP contribution in [0.5, 0.6) is 5.75 Å². The Hall–Kier alpha value is -3.39. The summed E-state index contributed by atoms with van der Waals surface area (Å²) in [5, 5.41) is 5.89. The average molecular weight is 335 g/mol. The number of hydrogen-bond donors (Lipinski definition) is 0. The van der Waals surface area contributed by atoms with Crippen LogP contribution in [-0.2, 0) is 0 Å². The van der Waals surface area contributed by atoms with Crippen molar-refractivity contribution in [3.05, 3.63) is 85.1 Å². The molecule has 0 unspecified atom stereocenters. The van der Waals surface area contributed by atoms with E-state index in [9.17, 15) is 0 Å². The van der Waals surface area contributed by atoms with Crippen molar-refractivity contribution in [2.45, 2.75) is 0 Å². The molecular formula is C24H17NO. The second-order valence-corrected chi connectivity index (χ2v) is 6.41. The summed E-state index contributed by atoms with van der Waals surface area (Å²) in [6.07, 6.45) is 1.86. The summed E-state index contributed by atoms with van der Waals surface area (Å²) < 4.78 is 5.75. The molecule has 5 aromatic rings. The van der Waals surface area contributed by atoms with Gasteiger partial charge in [-0.1, -0.05) is 66.7 Å². The number of pyridine rings is 1. The number of rotatable bonds is 2. The Morgan fingerprint density at radius 2 is 1.46 bits per heavy atom. The first-order chi connectivity index (χ1) is 12.9. The predicted molar refractivity (Wildman–Crippen MR) is 109 cm³/mol. The summed E-state index contributed by atoms with van der Waals surface area (Å²) in [5.41, 5.74) is 3.30. The molecule has 0 aliphatic heterocycles. The second-order valence-electron chi connectivity index (χ2n) is 6.41. The number of benzene rings is 4. The van der Waals surface area contributed by atoms with Gasteiger partial charge >= 0.3 is 0 Å². The summed E-state index contributed by atoms with van der Waals surface area (Å²) in [5.74, 6) is 0.879. The third-order valence-electron chi connectivity index (χ3n) is 4.99. The van der Waals surface area contributed by atoms with Crippen molar-refractivity contribution in [1.29, 1.82) is 0 Å². The molecule has 26 heavy (non-hydrogen) atoms. The fourth-order valence-corrected chi connectivity index (χ4v) is 3.82. The molecular weight excluding hydrogens is 318 g/mol. The molecule has 0 atom stereocenters. The zero-order valence-electron chi connectivity index (χ0n) is 14.4. The van der Waals surface area contributed by atoms with Crippen LogP contribution in [0, 0.1) is 0 Å². The van der Waals surface area contributed by atoms with E-state index in [-0.39, 0.29) is 0 Å². The van der Waals surface area contributed by atoms with Gasteiger partial charge in [0.05, 0.1) is 12.6 Å². The minimum atomic E-state index is 0.879. The van der Waals surface area contributed by atoms with Gasteiger partial charge in [0.1, 0.15) is 5.75 Å². The van der Waals surface area contributed by atoms with Gasteiger partial charge in [0.15, 0.2) is 0 Å². The number of aromatic nitrogens is 1. The van der Waals surface area contributed by atoms with Gasteiger partial charge in [-0.3, -0.25) is 4.98 Å². The summed E-state index contributed by atoms with van der Waals surface area (Å²) in [7, 11) is 1.73. The van der Waals surface area contributed by atoms with E-state index >= 15 is 0 Å². The Morgan fingerprint density at radius 3 is 2.38 bits per heavy atom. The van der Waals surface area contributed by atoms with E-state index in [0.717, 1.165) is 27.8 Å². The van der Waals surface area contributed by atoms with Crippen molar-refractivity contribution in [2.75, 3.05) is 7.11 Å². The van der Waals surface area contributed by atoms with Crippen LogP contribution >= 0.6 is 0 Å². The number of fused-ring (bicyclic) bond motifs is 4. The van der Waals surface area contributed by atoms with E-state index in [2.05, 4.69) is 72.8 Å². The summed E-state index contributed by atoms with van der Waals surface area (Å²) in [4.78, 5) is 4.69. The van der Waals surface area contributed by atoms with Crippen LogP contribution < -0.4 is 4.74 Å². The molecule has 0 radical (unpaired) electrons. The van der Waals surface area contributed by atoms with Crippen molar-refractivity contribution in [1.82, 2.24) is 4.98 Å². The molecule has 2 nitrogen and oxygen atoms in total. The van der Waals surface area contributed by atoms with E-state index in [1.165, 1.54) is 21.5 Å². The molecule has 0 spiro atoms. The Morgan fingerprint density at radius 1 is 0.692 bits per heavy atom. The van der Waals surface area contributed by atoms with Gasteiger partial charge in [-0.15, -0.1) is 0 Å². The molecule has 1 heterocycles. The smallest absolute Gasteiger partial charge is 0.127 e. The van der Waals surface area contributed by atoms with Crippen molar-refractivity contribution < 1.29 is 4.74 Å². The molecule has 0 amide bonds. The molecule has 0 N–H and O–H groups in total. The lowest BCUT2D eigenvalue weighted by Gasteiger charge is -2.15. The van der Waals surface area contributed by atoms with Gasteiger partial charge in [-0.2, -0.15) is 0 Å². The second kappa shape index (κ2) is 5.85. The fourth-order valence-electron chi connectivity index (χ4n) is 3.82. The molecule has 0 aliphatic carbocycles. The van der Waals surface area contributed by atoms with Crippen LogP contribution in [0.1, 0.15) is 0 Å². The first-order valence-electron chi connectivity index (χ1n) is 8.69. The highest BCUT2D eigenvalue weighted by molar-refractivity contribution is 6.16. The topological polar surface area (TPSA) is 22.1 Å². The monoisotopic (exact) mass is 335 g/mol. The van der Waals surface area contributed by atoms with Crippen LogP contribution in [0.3, 0.4) is 0 Å². The zero-order valence-corrected chi connectivity index (χ0v) is 14.4. The van der Waals surface area contributed by atoms with Gasteiger partial charge in [-0.05, 0) is 33.9 Å². The molecule has 0 fully saturated rings. The Balaban J connectivity index is 2.00. The minimum absolute atomic E-state index is 0.879.